The van der Waals surface area contributed by atoms with Gasteiger partial charge in [-0.1, -0.05) is 30.3 Å². The van der Waals surface area contributed by atoms with E-state index in [0.717, 1.165) is 5.56 Å². The van der Waals surface area contributed by atoms with E-state index in [-0.39, 0.29) is 11.9 Å². The fourth-order valence-electron chi connectivity index (χ4n) is 1.35. The minimum atomic E-state index is -0.513. The predicted molar refractivity (Wildman–Crippen MR) is 64.8 cm³/mol. The maximum atomic E-state index is 11.6. The van der Waals surface area contributed by atoms with Gasteiger partial charge in [-0.15, -0.1) is 0 Å². The fraction of sp³-hybridized carbons (Fsp3) is 0.417. The number of hydrogen-bond donors (Lipinski definition) is 3. The Hall–Kier alpha value is -1.39. The van der Waals surface area contributed by atoms with Crippen LogP contribution in [-0.2, 0) is 11.2 Å². The lowest BCUT2D eigenvalue weighted by Crippen LogP contribution is -2.45. The Morgan fingerprint density at radius 1 is 1.31 bits per heavy atom. The van der Waals surface area contributed by atoms with Crippen molar-refractivity contribution in [2.75, 3.05) is 6.54 Å². The second-order valence-electron chi connectivity index (χ2n) is 4.02. The van der Waals surface area contributed by atoms with Crippen molar-refractivity contribution in [1.29, 1.82) is 0 Å². The number of hydrogen-bond acceptors (Lipinski definition) is 3. The van der Waals surface area contributed by atoms with E-state index in [0.29, 0.717) is 13.0 Å². The summed E-state index contributed by atoms with van der Waals surface area (Å²) < 4.78 is 0. The second kappa shape index (κ2) is 6.25. The molecule has 1 aromatic rings. The van der Waals surface area contributed by atoms with Crippen LogP contribution in [-0.4, -0.2) is 24.5 Å². The Balaban J connectivity index is 2.40. The van der Waals surface area contributed by atoms with Crippen molar-refractivity contribution in [1.82, 2.24) is 5.32 Å². The van der Waals surface area contributed by atoms with E-state index < -0.39 is 6.04 Å². The fourth-order valence-corrected chi connectivity index (χ4v) is 1.35. The summed E-state index contributed by atoms with van der Waals surface area (Å²) in [4.78, 5) is 11.6. The third kappa shape index (κ3) is 4.42. The molecule has 0 aliphatic heterocycles. The van der Waals surface area contributed by atoms with Crippen LogP contribution < -0.4 is 16.8 Å². The monoisotopic (exact) mass is 221 g/mol. The Morgan fingerprint density at radius 2 is 1.94 bits per heavy atom. The topological polar surface area (TPSA) is 81.1 Å². The van der Waals surface area contributed by atoms with Crippen molar-refractivity contribution < 1.29 is 4.79 Å². The van der Waals surface area contributed by atoms with E-state index in [2.05, 4.69) is 5.32 Å². The Labute approximate surface area is 96.0 Å². The van der Waals surface area contributed by atoms with E-state index >= 15 is 0 Å². The molecule has 0 fully saturated rings. The molecule has 0 aliphatic carbocycles. The maximum Gasteiger partial charge on any atom is 0.237 e. The van der Waals surface area contributed by atoms with Gasteiger partial charge in [-0.2, -0.15) is 0 Å². The number of nitrogens with one attached hydrogen (secondary N) is 1. The smallest absolute Gasteiger partial charge is 0.237 e. The van der Waals surface area contributed by atoms with Gasteiger partial charge in [-0.05, 0) is 18.9 Å². The van der Waals surface area contributed by atoms with Crippen molar-refractivity contribution in [3.05, 3.63) is 35.9 Å². The molecule has 0 aliphatic rings. The van der Waals surface area contributed by atoms with Crippen LogP contribution in [0.25, 0.3) is 0 Å². The van der Waals surface area contributed by atoms with Gasteiger partial charge in [-0.3, -0.25) is 4.79 Å². The summed E-state index contributed by atoms with van der Waals surface area (Å²) in [6.07, 6.45) is 0.547. The molecule has 1 amide bonds. The molecule has 0 heterocycles. The lowest BCUT2D eigenvalue weighted by molar-refractivity contribution is -0.122. The number of amides is 1. The summed E-state index contributed by atoms with van der Waals surface area (Å²) in [5, 5.41) is 2.71. The predicted octanol–water partition coefficient (Wildman–Crippen LogP) is 0.0198. The van der Waals surface area contributed by atoms with Crippen molar-refractivity contribution in [3.63, 3.8) is 0 Å². The molecule has 5 N–H and O–H groups in total. The van der Waals surface area contributed by atoms with Crippen LogP contribution >= 0.6 is 0 Å². The van der Waals surface area contributed by atoms with Crippen LogP contribution in [0.15, 0.2) is 30.3 Å². The van der Waals surface area contributed by atoms with Crippen LogP contribution in [0.5, 0.6) is 0 Å². The van der Waals surface area contributed by atoms with Gasteiger partial charge >= 0.3 is 0 Å². The third-order valence-corrected chi connectivity index (χ3v) is 2.23. The number of rotatable bonds is 5. The van der Waals surface area contributed by atoms with Crippen molar-refractivity contribution >= 4 is 5.91 Å². The largest absolute Gasteiger partial charge is 0.353 e. The molecule has 0 bridgehead atoms. The first-order chi connectivity index (χ1) is 7.59. The van der Waals surface area contributed by atoms with Crippen LogP contribution in [0.4, 0.5) is 0 Å². The first-order valence-electron chi connectivity index (χ1n) is 5.42. The summed E-state index contributed by atoms with van der Waals surface area (Å²) in [5.74, 6) is -0.152. The minimum absolute atomic E-state index is 0.0483. The first kappa shape index (κ1) is 12.7. The lowest BCUT2D eigenvalue weighted by Gasteiger charge is -2.13. The van der Waals surface area contributed by atoms with Gasteiger partial charge in [0.1, 0.15) is 0 Å². The normalized spacial score (nSPS) is 14.2. The zero-order chi connectivity index (χ0) is 12.0. The zero-order valence-corrected chi connectivity index (χ0v) is 9.52. The molecule has 2 atom stereocenters. The third-order valence-electron chi connectivity index (χ3n) is 2.23. The SMILES string of the molecule is CC(N)CNC(=O)[C@@H](N)Cc1ccccc1. The number of carbonyl (C=O) groups excluding carboxylic acids is 1. The van der Waals surface area contributed by atoms with Gasteiger partial charge in [0, 0.05) is 12.6 Å². The molecule has 1 unspecified atom stereocenters. The van der Waals surface area contributed by atoms with Gasteiger partial charge in [0.05, 0.1) is 6.04 Å². The molecule has 88 valence electrons. The van der Waals surface area contributed by atoms with Gasteiger partial charge in [0.2, 0.25) is 5.91 Å². The van der Waals surface area contributed by atoms with E-state index in [9.17, 15) is 4.79 Å². The number of carbonyl (C=O) groups is 1. The summed E-state index contributed by atoms with van der Waals surface area (Å²) >= 11 is 0. The molecule has 1 rings (SSSR count). The Bertz CT molecular complexity index is 324. The van der Waals surface area contributed by atoms with Gasteiger partial charge < -0.3 is 16.8 Å². The molecule has 0 radical (unpaired) electrons. The van der Waals surface area contributed by atoms with Crippen molar-refractivity contribution in [2.45, 2.75) is 25.4 Å². The molecule has 0 aromatic heterocycles. The van der Waals surface area contributed by atoms with Crippen molar-refractivity contribution in [2.24, 2.45) is 11.5 Å². The first-order valence-corrected chi connectivity index (χ1v) is 5.42. The summed E-state index contributed by atoms with van der Waals surface area (Å²) in [5.41, 5.74) is 12.4. The van der Waals surface area contributed by atoms with Crippen LogP contribution in [0.2, 0.25) is 0 Å². The van der Waals surface area contributed by atoms with E-state index in [1.165, 1.54) is 0 Å². The molecule has 4 heteroatoms. The minimum Gasteiger partial charge on any atom is -0.353 e. The van der Waals surface area contributed by atoms with Crippen LogP contribution in [0.3, 0.4) is 0 Å². The average Bonchev–Trinajstić information content (AvgIpc) is 2.27. The highest BCUT2D eigenvalue weighted by molar-refractivity contribution is 5.81. The molecule has 0 saturated heterocycles. The van der Waals surface area contributed by atoms with Gasteiger partial charge in [0.15, 0.2) is 0 Å². The van der Waals surface area contributed by atoms with E-state index in [1.807, 2.05) is 37.3 Å². The highest BCUT2D eigenvalue weighted by atomic mass is 16.2. The number of benzene rings is 1. The highest BCUT2D eigenvalue weighted by Crippen LogP contribution is 2.01. The molecule has 0 saturated carbocycles. The second-order valence-corrected chi connectivity index (χ2v) is 4.02. The summed E-state index contributed by atoms with van der Waals surface area (Å²) in [6, 6.07) is 9.15. The summed E-state index contributed by atoms with van der Waals surface area (Å²) in [7, 11) is 0. The quantitative estimate of drug-likeness (QED) is 0.655. The van der Waals surface area contributed by atoms with E-state index in [1.54, 1.807) is 0 Å². The molecule has 16 heavy (non-hydrogen) atoms. The van der Waals surface area contributed by atoms with Crippen LogP contribution in [0, 0.1) is 0 Å². The molecule has 0 spiro atoms. The Kier molecular flexibility index (Phi) is 4.95. The molecule has 1 aromatic carbocycles. The maximum absolute atomic E-state index is 11.6. The highest BCUT2D eigenvalue weighted by Gasteiger charge is 2.13. The lowest BCUT2D eigenvalue weighted by atomic mass is 10.1. The summed E-state index contributed by atoms with van der Waals surface area (Å²) in [6.45, 7) is 2.30. The molecular formula is C12H19N3O. The molecular weight excluding hydrogens is 202 g/mol. The zero-order valence-electron chi connectivity index (χ0n) is 9.52. The van der Waals surface area contributed by atoms with Crippen LogP contribution in [0.1, 0.15) is 12.5 Å². The van der Waals surface area contributed by atoms with Gasteiger partial charge in [0.25, 0.3) is 0 Å². The average molecular weight is 221 g/mol. The molecule has 4 nitrogen and oxygen atoms in total. The van der Waals surface area contributed by atoms with E-state index in [4.69, 9.17) is 11.5 Å². The van der Waals surface area contributed by atoms with Gasteiger partial charge in [-0.25, -0.2) is 0 Å². The standard InChI is InChI=1S/C12H19N3O/c1-9(13)8-15-12(16)11(14)7-10-5-3-2-4-6-10/h2-6,9,11H,7-8,13-14H2,1H3,(H,15,16)/t9?,11-/m0/s1. The van der Waals surface area contributed by atoms with Crippen molar-refractivity contribution in [3.8, 4) is 0 Å². The Morgan fingerprint density at radius 3 is 2.50 bits per heavy atom. The number of nitrogens with two attached hydrogens (primary N) is 2.